The monoisotopic (exact) mass is 428 g/mol. The van der Waals surface area contributed by atoms with Gasteiger partial charge in [-0.1, -0.05) is 49.4 Å². The van der Waals surface area contributed by atoms with Crippen LogP contribution in [0.4, 0.5) is 0 Å². The van der Waals surface area contributed by atoms with Gasteiger partial charge < -0.3 is 14.7 Å². The van der Waals surface area contributed by atoms with Gasteiger partial charge in [-0.15, -0.1) is 0 Å². The summed E-state index contributed by atoms with van der Waals surface area (Å²) in [6.07, 6.45) is 6.45. The molecule has 1 aliphatic heterocycles. The number of hydrogen-bond acceptors (Lipinski definition) is 4. The Morgan fingerprint density at radius 3 is 2.28 bits per heavy atom. The molecule has 1 aliphatic rings. The number of pyridine rings is 1. The number of likely N-dealkylation sites (tertiary alicyclic amines) is 1. The van der Waals surface area contributed by atoms with Gasteiger partial charge in [0, 0.05) is 24.4 Å². The lowest BCUT2D eigenvalue weighted by Gasteiger charge is -2.17. The van der Waals surface area contributed by atoms with Crippen LogP contribution in [0.1, 0.15) is 49.3 Å². The van der Waals surface area contributed by atoms with Crippen molar-refractivity contribution in [2.24, 2.45) is 0 Å². The predicted molar refractivity (Wildman–Crippen MR) is 131 cm³/mol. The van der Waals surface area contributed by atoms with Crippen LogP contribution in [0.15, 0.2) is 72.9 Å². The first-order valence-electron chi connectivity index (χ1n) is 11.6. The second-order valence-corrected chi connectivity index (χ2v) is 8.26. The molecule has 2 aromatic carbocycles. The summed E-state index contributed by atoms with van der Waals surface area (Å²) in [6, 6.07) is 21.9. The molecule has 4 rings (SSSR count). The van der Waals surface area contributed by atoms with E-state index in [4.69, 9.17) is 4.74 Å². The molecule has 3 aromatic rings. The second kappa shape index (κ2) is 11.0. The number of hydrogen-bond donors (Lipinski definition) is 1. The second-order valence-electron chi connectivity index (χ2n) is 8.26. The molecule has 0 amide bonds. The van der Waals surface area contributed by atoms with E-state index < -0.39 is 0 Å². The molecule has 0 bridgehead atoms. The van der Waals surface area contributed by atoms with Gasteiger partial charge in [0.05, 0.1) is 6.61 Å². The molecular formula is C28H32N2O2. The molecular weight excluding hydrogens is 396 g/mol. The lowest BCUT2D eigenvalue weighted by atomic mass is 9.89. The first-order valence-corrected chi connectivity index (χ1v) is 11.6. The largest absolute Gasteiger partial charge is 0.508 e. The van der Waals surface area contributed by atoms with Crippen LogP contribution in [0.25, 0.3) is 11.1 Å². The number of allylic oxidation sites excluding steroid dienone is 1. The van der Waals surface area contributed by atoms with Crippen LogP contribution in [0, 0.1) is 0 Å². The third kappa shape index (κ3) is 5.57. The summed E-state index contributed by atoms with van der Waals surface area (Å²) >= 11 is 0. The van der Waals surface area contributed by atoms with Gasteiger partial charge in [0.25, 0.3) is 0 Å². The molecule has 1 saturated heterocycles. The van der Waals surface area contributed by atoms with E-state index in [9.17, 15) is 5.11 Å². The lowest BCUT2D eigenvalue weighted by Crippen LogP contribution is -2.21. The van der Waals surface area contributed by atoms with Gasteiger partial charge in [-0.05, 0) is 79.2 Å². The van der Waals surface area contributed by atoms with Crippen LogP contribution in [0.5, 0.6) is 11.6 Å². The Bertz CT molecular complexity index is 1010. The topological polar surface area (TPSA) is 45.6 Å². The summed E-state index contributed by atoms with van der Waals surface area (Å²) in [5.41, 5.74) is 5.68. The summed E-state index contributed by atoms with van der Waals surface area (Å²) in [4.78, 5) is 7.11. The molecule has 0 unspecified atom stereocenters. The maximum absolute atomic E-state index is 9.78. The molecule has 0 saturated carbocycles. The number of phenols is 1. The highest BCUT2D eigenvalue weighted by Crippen LogP contribution is 2.35. The van der Waals surface area contributed by atoms with E-state index in [1.807, 2.05) is 30.5 Å². The van der Waals surface area contributed by atoms with E-state index in [-0.39, 0.29) is 5.75 Å². The Labute approximate surface area is 191 Å². The van der Waals surface area contributed by atoms with Crippen LogP contribution in [-0.2, 0) is 0 Å². The third-order valence-corrected chi connectivity index (χ3v) is 6.03. The minimum atomic E-state index is 0.265. The van der Waals surface area contributed by atoms with Crippen LogP contribution >= 0.6 is 0 Å². The zero-order valence-electron chi connectivity index (χ0n) is 18.8. The van der Waals surface area contributed by atoms with Crippen LogP contribution < -0.4 is 4.74 Å². The minimum Gasteiger partial charge on any atom is -0.508 e. The first-order chi connectivity index (χ1) is 15.7. The molecule has 166 valence electrons. The Balaban J connectivity index is 1.56. The molecule has 0 spiro atoms. The number of aromatic nitrogens is 1. The normalized spacial score (nSPS) is 14.9. The van der Waals surface area contributed by atoms with Gasteiger partial charge in [0.1, 0.15) is 5.75 Å². The van der Waals surface area contributed by atoms with Gasteiger partial charge in [-0.3, -0.25) is 0 Å². The van der Waals surface area contributed by atoms with Crippen molar-refractivity contribution >= 4 is 11.1 Å². The highest BCUT2D eigenvalue weighted by Gasteiger charge is 2.14. The lowest BCUT2D eigenvalue weighted by molar-refractivity contribution is 0.257. The number of aromatic hydroxyl groups is 1. The molecule has 4 nitrogen and oxygen atoms in total. The highest BCUT2D eigenvalue weighted by atomic mass is 16.5. The van der Waals surface area contributed by atoms with Crippen LogP contribution in [-0.4, -0.2) is 41.2 Å². The number of ether oxygens (including phenoxy) is 1. The van der Waals surface area contributed by atoms with E-state index in [0.29, 0.717) is 12.5 Å². The highest BCUT2D eigenvalue weighted by molar-refractivity contribution is 5.98. The summed E-state index contributed by atoms with van der Waals surface area (Å²) < 4.78 is 5.91. The molecule has 32 heavy (non-hydrogen) atoms. The van der Waals surface area contributed by atoms with E-state index in [1.54, 1.807) is 12.1 Å². The smallest absolute Gasteiger partial charge is 0.213 e. The molecule has 1 N–H and O–H groups in total. The average Bonchev–Trinajstić information content (AvgIpc) is 3.36. The number of rotatable bonds is 9. The summed E-state index contributed by atoms with van der Waals surface area (Å²) in [5.74, 6) is 0.930. The molecule has 0 aliphatic carbocycles. The van der Waals surface area contributed by atoms with Crippen molar-refractivity contribution in [2.75, 3.05) is 26.2 Å². The summed E-state index contributed by atoms with van der Waals surface area (Å²) in [6.45, 7) is 6.41. The van der Waals surface area contributed by atoms with E-state index in [0.717, 1.165) is 36.1 Å². The van der Waals surface area contributed by atoms with Gasteiger partial charge in [-0.25, -0.2) is 4.98 Å². The number of benzene rings is 2. The number of nitrogens with zero attached hydrogens (tertiary/aromatic N) is 2. The average molecular weight is 429 g/mol. The van der Waals surface area contributed by atoms with Crippen LogP contribution in [0.3, 0.4) is 0 Å². The Morgan fingerprint density at radius 1 is 0.906 bits per heavy atom. The number of phenolic OH excluding ortho intramolecular Hbond substituents is 1. The zero-order valence-corrected chi connectivity index (χ0v) is 18.8. The van der Waals surface area contributed by atoms with Crippen molar-refractivity contribution in [1.82, 2.24) is 9.88 Å². The standard InChI is InChI=1S/C28H32N2O2/c1-2-26(22-9-4-3-5-10-22)28(23-11-14-25(31)15-12-23)24-13-16-27(29-21-24)32-20-8-19-30-17-6-7-18-30/h3-5,9-16,21,31H,2,6-8,17-20H2,1H3/b28-26-. The van der Waals surface area contributed by atoms with E-state index in [2.05, 4.69) is 47.1 Å². The van der Waals surface area contributed by atoms with Gasteiger partial charge >= 0.3 is 0 Å². The van der Waals surface area contributed by atoms with Crippen molar-refractivity contribution < 1.29 is 9.84 Å². The maximum atomic E-state index is 9.78. The van der Waals surface area contributed by atoms with E-state index >= 15 is 0 Å². The van der Waals surface area contributed by atoms with Gasteiger partial charge in [0.2, 0.25) is 5.88 Å². The van der Waals surface area contributed by atoms with Crippen LogP contribution in [0.2, 0.25) is 0 Å². The Kier molecular flexibility index (Phi) is 7.57. The third-order valence-electron chi connectivity index (χ3n) is 6.03. The van der Waals surface area contributed by atoms with Crippen molar-refractivity contribution in [2.45, 2.75) is 32.6 Å². The molecule has 1 aromatic heterocycles. The zero-order chi connectivity index (χ0) is 22.2. The summed E-state index contributed by atoms with van der Waals surface area (Å²) in [7, 11) is 0. The molecule has 0 radical (unpaired) electrons. The van der Waals surface area contributed by atoms with Crippen molar-refractivity contribution in [1.29, 1.82) is 0 Å². The Morgan fingerprint density at radius 2 is 1.62 bits per heavy atom. The first kappa shape index (κ1) is 22.1. The van der Waals surface area contributed by atoms with Gasteiger partial charge in [-0.2, -0.15) is 0 Å². The van der Waals surface area contributed by atoms with Crippen molar-refractivity contribution in [3.05, 3.63) is 89.6 Å². The van der Waals surface area contributed by atoms with Crippen molar-refractivity contribution in [3.8, 4) is 11.6 Å². The quantitative estimate of drug-likeness (QED) is 0.334. The molecule has 0 atom stereocenters. The molecule has 4 heteroatoms. The summed E-state index contributed by atoms with van der Waals surface area (Å²) in [5, 5.41) is 9.78. The van der Waals surface area contributed by atoms with Crippen molar-refractivity contribution in [3.63, 3.8) is 0 Å². The molecule has 2 heterocycles. The fourth-order valence-corrected chi connectivity index (χ4v) is 4.39. The minimum absolute atomic E-state index is 0.265. The SMILES string of the molecule is CC/C(=C(\c1ccc(O)cc1)c1ccc(OCCCN2CCCC2)nc1)c1ccccc1. The fraction of sp³-hybridized carbons (Fsp3) is 0.321. The predicted octanol–water partition coefficient (Wildman–Crippen LogP) is 6.02. The molecule has 1 fully saturated rings. The van der Waals surface area contributed by atoms with E-state index in [1.165, 1.54) is 37.1 Å². The Hall–Kier alpha value is -3.11. The maximum Gasteiger partial charge on any atom is 0.213 e. The van der Waals surface area contributed by atoms with Gasteiger partial charge in [0.15, 0.2) is 0 Å². The fourth-order valence-electron chi connectivity index (χ4n) is 4.39.